The zero-order valence-corrected chi connectivity index (χ0v) is 12.4. The Labute approximate surface area is 119 Å². The zero-order valence-electron chi connectivity index (χ0n) is 11.6. The fourth-order valence-corrected chi connectivity index (χ4v) is 2.83. The van der Waals surface area contributed by atoms with Crippen LogP contribution in [0.25, 0.3) is 0 Å². The normalized spacial score (nSPS) is 10.6. The third-order valence-electron chi connectivity index (χ3n) is 3.14. The molecule has 0 aliphatic carbocycles. The largest absolute Gasteiger partial charge is 0.492 e. The Kier molecular flexibility index (Phi) is 5.43. The molecular formula is C16H21NOS. The highest BCUT2D eigenvalue weighted by Gasteiger charge is 2.01. The summed E-state index contributed by atoms with van der Waals surface area (Å²) < 4.78 is 5.82. The molecule has 0 saturated carbocycles. The average Bonchev–Trinajstić information content (AvgIpc) is 2.84. The van der Waals surface area contributed by atoms with Crippen LogP contribution < -0.4 is 10.1 Å². The number of ether oxygens (including phenoxy) is 1. The SMILES string of the molecule is CCc1ccccc1OCCNCc1sccc1C. The lowest BCUT2D eigenvalue weighted by molar-refractivity contribution is 0.311. The van der Waals surface area contributed by atoms with Crippen molar-refractivity contribution in [3.63, 3.8) is 0 Å². The summed E-state index contributed by atoms with van der Waals surface area (Å²) in [5, 5.41) is 5.56. The van der Waals surface area contributed by atoms with Gasteiger partial charge in [-0.1, -0.05) is 25.1 Å². The number of para-hydroxylation sites is 1. The topological polar surface area (TPSA) is 21.3 Å². The summed E-state index contributed by atoms with van der Waals surface area (Å²) >= 11 is 1.81. The van der Waals surface area contributed by atoms with Crippen LogP contribution in [0, 0.1) is 6.92 Å². The molecule has 2 rings (SSSR count). The van der Waals surface area contributed by atoms with E-state index in [2.05, 4.69) is 42.7 Å². The first kappa shape index (κ1) is 14.1. The zero-order chi connectivity index (χ0) is 13.5. The van der Waals surface area contributed by atoms with E-state index in [9.17, 15) is 0 Å². The number of aryl methyl sites for hydroxylation is 2. The Morgan fingerprint density at radius 3 is 2.79 bits per heavy atom. The predicted octanol–water partition coefficient (Wildman–Crippen LogP) is 3.79. The minimum absolute atomic E-state index is 0.710. The molecule has 102 valence electrons. The number of thiophene rings is 1. The van der Waals surface area contributed by atoms with Crippen LogP contribution in [0.15, 0.2) is 35.7 Å². The summed E-state index contributed by atoms with van der Waals surface area (Å²) in [7, 11) is 0. The van der Waals surface area contributed by atoms with Crippen LogP contribution in [-0.4, -0.2) is 13.2 Å². The van der Waals surface area contributed by atoms with Gasteiger partial charge in [0.05, 0.1) is 0 Å². The van der Waals surface area contributed by atoms with Crippen LogP contribution in [0.4, 0.5) is 0 Å². The van der Waals surface area contributed by atoms with Gasteiger partial charge in [0.2, 0.25) is 0 Å². The molecule has 0 unspecified atom stereocenters. The fraction of sp³-hybridized carbons (Fsp3) is 0.375. The third kappa shape index (κ3) is 4.08. The first-order valence-electron chi connectivity index (χ1n) is 6.75. The highest BCUT2D eigenvalue weighted by Crippen LogP contribution is 2.18. The van der Waals surface area contributed by atoms with E-state index in [-0.39, 0.29) is 0 Å². The van der Waals surface area contributed by atoms with Gasteiger partial charge in [-0.15, -0.1) is 11.3 Å². The number of hydrogen-bond acceptors (Lipinski definition) is 3. The number of rotatable bonds is 7. The second kappa shape index (κ2) is 7.31. The quantitative estimate of drug-likeness (QED) is 0.776. The average molecular weight is 275 g/mol. The molecule has 2 nitrogen and oxygen atoms in total. The Balaban J connectivity index is 1.71. The van der Waals surface area contributed by atoms with Gasteiger partial charge in [-0.2, -0.15) is 0 Å². The highest BCUT2D eigenvalue weighted by molar-refractivity contribution is 7.10. The smallest absolute Gasteiger partial charge is 0.122 e. The minimum Gasteiger partial charge on any atom is -0.492 e. The van der Waals surface area contributed by atoms with Crippen LogP contribution in [-0.2, 0) is 13.0 Å². The van der Waals surface area contributed by atoms with E-state index in [0.717, 1.165) is 25.3 Å². The van der Waals surface area contributed by atoms with Gasteiger partial charge in [0, 0.05) is 18.0 Å². The van der Waals surface area contributed by atoms with Crippen molar-refractivity contribution >= 4 is 11.3 Å². The van der Waals surface area contributed by atoms with Crippen LogP contribution in [0.3, 0.4) is 0 Å². The molecule has 0 saturated heterocycles. The van der Waals surface area contributed by atoms with Gasteiger partial charge in [-0.3, -0.25) is 0 Å². The summed E-state index contributed by atoms with van der Waals surface area (Å²) in [5.74, 6) is 1.01. The van der Waals surface area contributed by atoms with Gasteiger partial charge in [0.1, 0.15) is 12.4 Å². The van der Waals surface area contributed by atoms with E-state index in [0.29, 0.717) is 6.61 Å². The molecular weight excluding hydrogens is 254 g/mol. The molecule has 1 heterocycles. The van der Waals surface area contributed by atoms with E-state index in [1.807, 2.05) is 12.1 Å². The van der Waals surface area contributed by atoms with Crippen molar-refractivity contribution in [2.24, 2.45) is 0 Å². The highest BCUT2D eigenvalue weighted by atomic mass is 32.1. The molecule has 3 heteroatoms. The van der Waals surface area contributed by atoms with Crippen LogP contribution in [0.1, 0.15) is 22.9 Å². The number of hydrogen-bond donors (Lipinski definition) is 1. The summed E-state index contributed by atoms with van der Waals surface area (Å²) in [5.41, 5.74) is 2.64. The first-order valence-corrected chi connectivity index (χ1v) is 7.63. The summed E-state index contributed by atoms with van der Waals surface area (Å²) in [6.45, 7) is 6.82. The monoisotopic (exact) mass is 275 g/mol. The van der Waals surface area contributed by atoms with Crippen molar-refractivity contribution in [1.82, 2.24) is 5.32 Å². The second-order valence-electron chi connectivity index (χ2n) is 4.51. The lowest BCUT2D eigenvalue weighted by atomic mass is 10.1. The molecule has 1 aromatic heterocycles. The Morgan fingerprint density at radius 1 is 1.21 bits per heavy atom. The minimum atomic E-state index is 0.710. The van der Waals surface area contributed by atoms with Gasteiger partial charge in [-0.05, 0) is 42.0 Å². The van der Waals surface area contributed by atoms with Crippen LogP contribution >= 0.6 is 11.3 Å². The van der Waals surface area contributed by atoms with Crippen molar-refractivity contribution in [2.75, 3.05) is 13.2 Å². The Hall–Kier alpha value is -1.32. The van der Waals surface area contributed by atoms with Crippen molar-refractivity contribution in [3.05, 3.63) is 51.7 Å². The standard InChI is InChI=1S/C16H21NOS/c1-3-14-6-4-5-7-15(14)18-10-9-17-12-16-13(2)8-11-19-16/h4-8,11,17H,3,9-10,12H2,1-2H3. The summed E-state index contributed by atoms with van der Waals surface area (Å²) in [6, 6.07) is 10.4. The van der Waals surface area contributed by atoms with E-state index in [1.165, 1.54) is 16.0 Å². The van der Waals surface area contributed by atoms with Crippen molar-refractivity contribution in [3.8, 4) is 5.75 Å². The molecule has 0 aliphatic rings. The van der Waals surface area contributed by atoms with Gasteiger partial charge in [0.15, 0.2) is 0 Å². The third-order valence-corrected chi connectivity index (χ3v) is 4.17. The fourth-order valence-electron chi connectivity index (χ4n) is 1.96. The lowest BCUT2D eigenvalue weighted by Gasteiger charge is -2.10. The van der Waals surface area contributed by atoms with E-state index < -0.39 is 0 Å². The van der Waals surface area contributed by atoms with Gasteiger partial charge >= 0.3 is 0 Å². The molecule has 0 radical (unpaired) electrons. The molecule has 0 amide bonds. The molecule has 0 bridgehead atoms. The van der Waals surface area contributed by atoms with Gasteiger partial charge in [0.25, 0.3) is 0 Å². The maximum Gasteiger partial charge on any atom is 0.122 e. The van der Waals surface area contributed by atoms with Gasteiger partial charge in [-0.25, -0.2) is 0 Å². The number of benzene rings is 1. The lowest BCUT2D eigenvalue weighted by Crippen LogP contribution is -2.20. The second-order valence-corrected chi connectivity index (χ2v) is 5.51. The molecule has 1 aromatic carbocycles. The molecule has 0 fully saturated rings. The summed E-state index contributed by atoms with van der Waals surface area (Å²) in [4.78, 5) is 1.41. The maximum atomic E-state index is 5.82. The summed E-state index contributed by atoms with van der Waals surface area (Å²) in [6.07, 6.45) is 1.01. The molecule has 0 spiro atoms. The Morgan fingerprint density at radius 2 is 2.05 bits per heavy atom. The van der Waals surface area contributed by atoms with E-state index in [1.54, 1.807) is 11.3 Å². The predicted molar refractivity (Wildman–Crippen MR) is 82.1 cm³/mol. The van der Waals surface area contributed by atoms with E-state index >= 15 is 0 Å². The first-order chi connectivity index (χ1) is 9.31. The van der Waals surface area contributed by atoms with Crippen molar-refractivity contribution in [2.45, 2.75) is 26.8 Å². The van der Waals surface area contributed by atoms with Crippen LogP contribution in [0.2, 0.25) is 0 Å². The number of nitrogens with one attached hydrogen (secondary N) is 1. The molecule has 0 atom stereocenters. The van der Waals surface area contributed by atoms with E-state index in [4.69, 9.17) is 4.74 Å². The van der Waals surface area contributed by atoms with Crippen LogP contribution in [0.5, 0.6) is 5.75 Å². The molecule has 0 aliphatic heterocycles. The van der Waals surface area contributed by atoms with Crippen molar-refractivity contribution < 1.29 is 4.74 Å². The molecule has 2 aromatic rings. The van der Waals surface area contributed by atoms with Gasteiger partial charge < -0.3 is 10.1 Å². The molecule has 1 N–H and O–H groups in total. The van der Waals surface area contributed by atoms with Crippen molar-refractivity contribution in [1.29, 1.82) is 0 Å². The Bertz CT molecular complexity index is 507. The maximum absolute atomic E-state index is 5.82. The molecule has 19 heavy (non-hydrogen) atoms.